The maximum absolute atomic E-state index is 12.0. The zero-order valence-electron chi connectivity index (χ0n) is 10.3. The summed E-state index contributed by atoms with van der Waals surface area (Å²) in [6, 6.07) is 0.0810. The molecular weight excluding hydrogens is 188 g/mol. The van der Waals surface area contributed by atoms with Gasteiger partial charge in [0, 0.05) is 13.1 Å². The van der Waals surface area contributed by atoms with Gasteiger partial charge in [-0.05, 0) is 31.7 Å². The number of nitrogens with one attached hydrogen (secondary N) is 1. The van der Waals surface area contributed by atoms with Crippen LogP contribution >= 0.6 is 0 Å². The SMILES string of the molecule is CCCNC1CCCN(CC(C)C)C1=O. The molecule has 0 aliphatic carbocycles. The highest BCUT2D eigenvalue weighted by Gasteiger charge is 2.27. The largest absolute Gasteiger partial charge is 0.341 e. The van der Waals surface area contributed by atoms with Crippen molar-refractivity contribution in [2.75, 3.05) is 19.6 Å². The van der Waals surface area contributed by atoms with E-state index in [1.165, 1.54) is 0 Å². The Labute approximate surface area is 93.2 Å². The molecule has 1 saturated heterocycles. The summed E-state index contributed by atoms with van der Waals surface area (Å²) in [5.41, 5.74) is 0. The second kappa shape index (κ2) is 6.11. The molecule has 3 heteroatoms. The Bertz CT molecular complexity index is 204. The average Bonchev–Trinajstić information content (AvgIpc) is 2.19. The number of piperidine rings is 1. The molecule has 1 heterocycles. The number of rotatable bonds is 5. The van der Waals surface area contributed by atoms with Crippen molar-refractivity contribution in [2.45, 2.75) is 46.1 Å². The molecular formula is C12H24N2O. The Kier molecular flexibility index (Phi) is 5.09. The average molecular weight is 212 g/mol. The molecule has 88 valence electrons. The van der Waals surface area contributed by atoms with Crippen LogP contribution in [0.2, 0.25) is 0 Å². The van der Waals surface area contributed by atoms with Crippen LogP contribution in [0.25, 0.3) is 0 Å². The summed E-state index contributed by atoms with van der Waals surface area (Å²) in [5, 5.41) is 3.33. The summed E-state index contributed by atoms with van der Waals surface area (Å²) in [4.78, 5) is 14.0. The van der Waals surface area contributed by atoms with E-state index in [0.29, 0.717) is 11.8 Å². The van der Waals surface area contributed by atoms with Crippen molar-refractivity contribution in [2.24, 2.45) is 5.92 Å². The van der Waals surface area contributed by atoms with Gasteiger partial charge in [0.25, 0.3) is 0 Å². The van der Waals surface area contributed by atoms with E-state index < -0.39 is 0 Å². The normalized spacial score (nSPS) is 22.5. The predicted molar refractivity (Wildman–Crippen MR) is 62.7 cm³/mol. The van der Waals surface area contributed by atoms with Crippen molar-refractivity contribution in [3.8, 4) is 0 Å². The van der Waals surface area contributed by atoms with Gasteiger partial charge in [-0.2, -0.15) is 0 Å². The lowest BCUT2D eigenvalue weighted by Crippen LogP contribution is -2.51. The molecule has 15 heavy (non-hydrogen) atoms. The fourth-order valence-electron chi connectivity index (χ4n) is 2.07. The lowest BCUT2D eigenvalue weighted by Gasteiger charge is -2.33. The van der Waals surface area contributed by atoms with E-state index in [9.17, 15) is 4.79 Å². The van der Waals surface area contributed by atoms with Gasteiger partial charge in [0.1, 0.15) is 0 Å². The number of nitrogens with zero attached hydrogens (tertiary/aromatic N) is 1. The van der Waals surface area contributed by atoms with Crippen LogP contribution in [0.5, 0.6) is 0 Å². The molecule has 1 N–H and O–H groups in total. The van der Waals surface area contributed by atoms with Gasteiger partial charge >= 0.3 is 0 Å². The van der Waals surface area contributed by atoms with Crippen LogP contribution in [0, 0.1) is 5.92 Å². The van der Waals surface area contributed by atoms with Gasteiger partial charge in [0.05, 0.1) is 6.04 Å². The van der Waals surface area contributed by atoms with Crippen molar-refractivity contribution >= 4 is 5.91 Å². The highest BCUT2D eigenvalue weighted by molar-refractivity contribution is 5.82. The van der Waals surface area contributed by atoms with Crippen LogP contribution in [0.3, 0.4) is 0 Å². The maximum Gasteiger partial charge on any atom is 0.239 e. The summed E-state index contributed by atoms with van der Waals surface area (Å²) in [5.74, 6) is 0.877. The van der Waals surface area contributed by atoms with E-state index in [1.807, 2.05) is 4.90 Å². The monoisotopic (exact) mass is 212 g/mol. The van der Waals surface area contributed by atoms with Gasteiger partial charge in [0.2, 0.25) is 5.91 Å². The summed E-state index contributed by atoms with van der Waals surface area (Å²) in [6.07, 6.45) is 3.24. The minimum Gasteiger partial charge on any atom is -0.341 e. The van der Waals surface area contributed by atoms with Crippen LogP contribution in [0.15, 0.2) is 0 Å². The van der Waals surface area contributed by atoms with Crippen LogP contribution in [0.1, 0.15) is 40.0 Å². The zero-order valence-corrected chi connectivity index (χ0v) is 10.3. The van der Waals surface area contributed by atoms with Crippen LogP contribution in [-0.2, 0) is 4.79 Å². The smallest absolute Gasteiger partial charge is 0.239 e. The topological polar surface area (TPSA) is 32.3 Å². The fourth-order valence-corrected chi connectivity index (χ4v) is 2.07. The van der Waals surface area contributed by atoms with E-state index in [4.69, 9.17) is 0 Å². The Morgan fingerprint density at radius 1 is 1.53 bits per heavy atom. The molecule has 1 aliphatic heterocycles. The lowest BCUT2D eigenvalue weighted by atomic mass is 10.0. The molecule has 0 spiro atoms. The first kappa shape index (κ1) is 12.5. The first-order chi connectivity index (χ1) is 7.15. The molecule has 1 fully saturated rings. The van der Waals surface area contributed by atoms with Gasteiger partial charge in [-0.3, -0.25) is 4.79 Å². The quantitative estimate of drug-likeness (QED) is 0.751. The summed E-state index contributed by atoms with van der Waals surface area (Å²) >= 11 is 0. The third-order valence-corrected chi connectivity index (χ3v) is 2.76. The number of hydrogen-bond acceptors (Lipinski definition) is 2. The van der Waals surface area contributed by atoms with Crippen molar-refractivity contribution in [3.05, 3.63) is 0 Å². The standard InChI is InChI=1S/C12H24N2O/c1-4-7-13-11-6-5-8-14(12(11)15)9-10(2)3/h10-11,13H,4-9H2,1-3H3. The highest BCUT2D eigenvalue weighted by Crippen LogP contribution is 2.13. The van der Waals surface area contributed by atoms with E-state index in [2.05, 4.69) is 26.1 Å². The molecule has 1 rings (SSSR count). The predicted octanol–water partition coefficient (Wildman–Crippen LogP) is 1.63. The molecule has 1 unspecified atom stereocenters. The first-order valence-corrected chi connectivity index (χ1v) is 6.17. The second-order valence-corrected chi connectivity index (χ2v) is 4.83. The lowest BCUT2D eigenvalue weighted by molar-refractivity contribution is -0.136. The third-order valence-electron chi connectivity index (χ3n) is 2.76. The summed E-state index contributed by atoms with van der Waals surface area (Å²) in [6.45, 7) is 9.26. The molecule has 3 nitrogen and oxygen atoms in total. The minimum atomic E-state index is 0.0810. The van der Waals surface area contributed by atoms with E-state index in [0.717, 1.165) is 38.9 Å². The Hall–Kier alpha value is -0.570. The Morgan fingerprint density at radius 2 is 2.27 bits per heavy atom. The molecule has 0 radical (unpaired) electrons. The molecule has 0 saturated carbocycles. The van der Waals surface area contributed by atoms with Crippen molar-refractivity contribution in [1.82, 2.24) is 10.2 Å². The molecule has 0 aromatic carbocycles. The zero-order chi connectivity index (χ0) is 11.3. The number of amides is 1. The highest BCUT2D eigenvalue weighted by atomic mass is 16.2. The molecule has 0 bridgehead atoms. The van der Waals surface area contributed by atoms with Crippen LogP contribution < -0.4 is 5.32 Å². The van der Waals surface area contributed by atoms with E-state index >= 15 is 0 Å². The minimum absolute atomic E-state index is 0.0810. The van der Waals surface area contributed by atoms with Crippen LogP contribution in [0.4, 0.5) is 0 Å². The van der Waals surface area contributed by atoms with Gasteiger partial charge in [0.15, 0.2) is 0 Å². The summed E-state index contributed by atoms with van der Waals surface area (Å²) < 4.78 is 0. The molecule has 1 aliphatic rings. The van der Waals surface area contributed by atoms with Crippen LogP contribution in [-0.4, -0.2) is 36.5 Å². The van der Waals surface area contributed by atoms with E-state index in [1.54, 1.807) is 0 Å². The maximum atomic E-state index is 12.0. The second-order valence-electron chi connectivity index (χ2n) is 4.83. The summed E-state index contributed by atoms with van der Waals surface area (Å²) in [7, 11) is 0. The van der Waals surface area contributed by atoms with Gasteiger partial charge in [-0.25, -0.2) is 0 Å². The third kappa shape index (κ3) is 3.82. The number of likely N-dealkylation sites (tertiary alicyclic amines) is 1. The van der Waals surface area contributed by atoms with Gasteiger partial charge < -0.3 is 10.2 Å². The Morgan fingerprint density at radius 3 is 2.87 bits per heavy atom. The number of hydrogen-bond donors (Lipinski definition) is 1. The number of carbonyl (C=O) groups excluding carboxylic acids is 1. The molecule has 1 amide bonds. The fraction of sp³-hybridized carbons (Fsp3) is 0.917. The number of carbonyl (C=O) groups is 1. The van der Waals surface area contributed by atoms with Crippen molar-refractivity contribution in [3.63, 3.8) is 0 Å². The van der Waals surface area contributed by atoms with E-state index in [-0.39, 0.29) is 6.04 Å². The van der Waals surface area contributed by atoms with Crippen molar-refractivity contribution < 1.29 is 4.79 Å². The van der Waals surface area contributed by atoms with Crippen molar-refractivity contribution in [1.29, 1.82) is 0 Å². The molecule has 0 aromatic heterocycles. The molecule has 1 atom stereocenters. The first-order valence-electron chi connectivity index (χ1n) is 6.17. The van der Waals surface area contributed by atoms with Gasteiger partial charge in [-0.1, -0.05) is 20.8 Å². The molecule has 0 aromatic rings. The Balaban J connectivity index is 2.43. The van der Waals surface area contributed by atoms with Gasteiger partial charge in [-0.15, -0.1) is 0 Å².